The maximum absolute atomic E-state index is 5.61. The highest BCUT2D eigenvalue weighted by atomic mass is 16.5. The topological polar surface area (TPSA) is 52.0 Å². The van der Waals surface area contributed by atoms with Gasteiger partial charge >= 0.3 is 0 Å². The summed E-state index contributed by atoms with van der Waals surface area (Å²) in [5.41, 5.74) is 0. The summed E-state index contributed by atoms with van der Waals surface area (Å²) in [5.74, 6) is 2.05. The van der Waals surface area contributed by atoms with Crippen molar-refractivity contribution in [3.8, 4) is 0 Å². The Morgan fingerprint density at radius 1 is 1.32 bits per heavy atom. The molecule has 0 fully saturated rings. The van der Waals surface area contributed by atoms with Crippen molar-refractivity contribution in [2.75, 3.05) is 14.2 Å². The summed E-state index contributed by atoms with van der Waals surface area (Å²) in [6.45, 7) is 9.64. The van der Waals surface area contributed by atoms with Gasteiger partial charge in [0, 0.05) is 26.1 Å². The van der Waals surface area contributed by atoms with Gasteiger partial charge in [0.05, 0.1) is 6.10 Å². The molecule has 1 N–H and O–H groups in total. The van der Waals surface area contributed by atoms with E-state index in [0.717, 1.165) is 18.8 Å². The molecule has 5 nitrogen and oxygen atoms in total. The lowest BCUT2D eigenvalue weighted by atomic mass is 9.96. The van der Waals surface area contributed by atoms with Crippen LogP contribution in [0.5, 0.6) is 0 Å². The molecule has 0 saturated carbocycles. The zero-order valence-corrected chi connectivity index (χ0v) is 13.1. The number of likely N-dealkylation sites (N-methyl/N-ethyl adjacent to an activating group) is 1. The van der Waals surface area contributed by atoms with Crippen LogP contribution in [-0.2, 0) is 17.7 Å². The molecule has 0 aromatic carbocycles. The van der Waals surface area contributed by atoms with E-state index < -0.39 is 0 Å². The molecular weight excluding hydrogens is 240 g/mol. The van der Waals surface area contributed by atoms with Crippen molar-refractivity contribution in [2.45, 2.75) is 52.8 Å². The van der Waals surface area contributed by atoms with E-state index in [1.807, 2.05) is 11.7 Å². The third kappa shape index (κ3) is 4.58. The number of aromatic nitrogens is 3. The fraction of sp³-hybridized carbons (Fsp3) is 0.857. The lowest BCUT2D eigenvalue weighted by Crippen LogP contribution is -2.44. The van der Waals surface area contributed by atoms with Gasteiger partial charge in [0.15, 0.2) is 0 Å². The van der Waals surface area contributed by atoms with Crippen molar-refractivity contribution < 1.29 is 4.74 Å². The third-order valence-corrected chi connectivity index (χ3v) is 3.33. The molecule has 0 spiro atoms. The quantitative estimate of drug-likeness (QED) is 0.780. The second-order valence-corrected chi connectivity index (χ2v) is 5.80. The Hall–Kier alpha value is -0.940. The predicted molar refractivity (Wildman–Crippen MR) is 77.0 cm³/mol. The van der Waals surface area contributed by atoms with E-state index in [1.165, 1.54) is 0 Å². The zero-order chi connectivity index (χ0) is 14.4. The lowest BCUT2D eigenvalue weighted by Gasteiger charge is -2.28. The molecule has 19 heavy (non-hydrogen) atoms. The smallest absolute Gasteiger partial charge is 0.138 e. The molecule has 0 aliphatic rings. The minimum Gasteiger partial charge on any atom is -0.380 e. The average molecular weight is 268 g/mol. The monoisotopic (exact) mass is 268 g/mol. The van der Waals surface area contributed by atoms with Gasteiger partial charge in [-0.05, 0) is 18.9 Å². The number of methoxy groups -OCH3 is 1. The lowest BCUT2D eigenvalue weighted by molar-refractivity contribution is 0.0345. The number of ether oxygens (including phenoxy) is 1. The molecule has 1 rings (SSSR count). The van der Waals surface area contributed by atoms with Crippen molar-refractivity contribution in [1.82, 2.24) is 20.1 Å². The van der Waals surface area contributed by atoms with Crippen LogP contribution in [0.1, 0.15) is 33.5 Å². The van der Waals surface area contributed by atoms with Gasteiger partial charge < -0.3 is 10.1 Å². The second kappa shape index (κ2) is 7.60. The number of nitrogens with one attached hydrogen (secondary N) is 1. The van der Waals surface area contributed by atoms with E-state index in [1.54, 1.807) is 13.4 Å². The van der Waals surface area contributed by atoms with E-state index >= 15 is 0 Å². The summed E-state index contributed by atoms with van der Waals surface area (Å²) in [6.07, 6.45) is 2.65. The van der Waals surface area contributed by atoms with Crippen molar-refractivity contribution in [2.24, 2.45) is 11.8 Å². The molecule has 0 aliphatic carbocycles. The van der Waals surface area contributed by atoms with Crippen molar-refractivity contribution >= 4 is 0 Å². The number of rotatable bonds is 8. The highest BCUT2D eigenvalue weighted by Gasteiger charge is 2.25. The molecule has 0 saturated heterocycles. The Bertz CT molecular complexity index is 362. The van der Waals surface area contributed by atoms with Crippen LogP contribution in [0.15, 0.2) is 6.33 Å². The molecule has 2 unspecified atom stereocenters. The van der Waals surface area contributed by atoms with Gasteiger partial charge in [-0.25, -0.2) is 9.67 Å². The third-order valence-electron chi connectivity index (χ3n) is 3.33. The van der Waals surface area contributed by atoms with Crippen LogP contribution in [0.25, 0.3) is 0 Å². The SMILES string of the molecule is CNC(Cc1ncnn1CC(C)C)C(OC)C(C)C. The minimum atomic E-state index is 0.175. The summed E-state index contributed by atoms with van der Waals surface area (Å²) >= 11 is 0. The van der Waals surface area contributed by atoms with Gasteiger partial charge in [-0.3, -0.25) is 0 Å². The van der Waals surface area contributed by atoms with Crippen LogP contribution < -0.4 is 5.32 Å². The maximum Gasteiger partial charge on any atom is 0.138 e. The van der Waals surface area contributed by atoms with E-state index in [9.17, 15) is 0 Å². The molecular formula is C14H28N4O. The fourth-order valence-corrected chi connectivity index (χ4v) is 2.42. The van der Waals surface area contributed by atoms with Gasteiger partial charge in [0.1, 0.15) is 12.2 Å². The van der Waals surface area contributed by atoms with Crippen LogP contribution in [0, 0.1) is 11.8 Å². The predicted octanol–water partition coefficient (Wildman–Crippen LogP) is 1.74. The van der Waals surface area contributed by atoms with Crippen LogP contribution in [0.4, 0.5) is 0 Å². The summed E-state index contributed by atoms with van der Waals surface area (Å²) in [7, 11) is 3.75. The summed E-state index contributed by atoms with van der Waals surface area (Å²) in [6, 6.07) is 0.250. The normalized spacial score (nSPS) is 15.2. The van der Waals surface area contributed by atoms with Gasteiger partial charge in [-0.15, -0.1) is 0 Å². The van der Waals surface area contributed by atoms with Gasteiger partial charge in [0.25, 0.3) is 0 Å². The summed E-state index contributed by atoms with van der Waals surface area (Å²) in [5, 5.41) is 7.66. The molecule has 1 aromatic rings. The summed E-state index contributed by atoms with van der Waals surface area (Å²) in [4.78, 5) is 4.39. The maximum atomic E-state index is 5.61. The molecule has 0 bridgehead atoms. The Labute approximate surface area is 116 Å². The molecule has 0 aliphatic heterocycles. The van der Waals surface area contributed by atoms with Crippen molar-refractivity contribution in [1.29, 1.82) is 0 Å². The van der Waals surface area contributed by atoms with Crippen LogP contribution in [-0.4, -0.2) is 41.1 Å². The highest BCUT2D eigenvalue weighted by molar-refractivity contribution is 4.93. The second-order valence-electron chi connectivity index (χ2n) is 5.80. The van der Waals surface area contributed by atoms with Crippen LogP contribution >= 0.6 is 0 Å². The van der Waals surface area contributed by atoms with E-state index in [0.29, 0.717) is 11.8 Å². The van der Waals surface area contributed by atoms with Crippen molar-refractivity contribution in [3.63, 3.8) is 0 Å². The first-order chi connectivity index (χ1) is 8.99. The molecule has 1 aromatic heterocycles. The first-order valence-electron chi connectivity index (χ1n) is 7.06. The highest BCUT2D eigenvalue weighted by Crippen LogP contribution is 2.14. The first kappa shape index (κ1) is 16.1. The average Bonchev–Trinajstić information content (AvgIpc) is 2.74. The fourth-order valence-electron chi connectivity index (χ4n) is 2.42. The van der Waals surface area contributed by atoms with Crippen molar-refractivity contribution in [3.05, 3.63) is 12.2 Å². The van der Waals surface area contributed by atoms with Crippen LogP contribution in [0.3, 0.4) is 0 Å². The Morgan fingerprint density at radius 3 is 2.47 bits per heavy atom. The molecule has 0 amide bonds. The van der Waals surface area contributed by atoms with E-state index in [2.05, 4.69) is 43.1 Å². The number of nitrogens with zero attached hydrogens (tertiary/aromatic N) is 3. The zero-order valence-electron chi connectivity index (χ0n) is 13.1. The molecule has 1 heterocycles. The summed E-state index contributed by atoms with van der Waals surface area (Å²) < 4.78 is 7.62. The van der Waals surface area contributed by atoms with E-state index in [-0.39, 0.29) is 12.1 Å². The minimum absolute atomic E-state index is 0.175. The Balaban J connectivity index is 2.78. The molecule has 5 heteroatoms. The molecule has 2 atom stereocenters. The Kier molecular flexibility index (Phi) is 6.45. The number of hydrogen-bond acceptors (Lipinski definition) is 4. The van der Waals surface area contributed by atoms with E-state index in [4.69, 9.17) is 4.74 Å². The van der Waals surface area contributed by atoms with Gasteiger partial charge in [-0.1, -0.05) is 27.7 Å². The number of hydrogen-bond donors (Lipinski definition) is 1. The molecule has 110 valence electrons. The van der Waals surface area contributed by atoms with Crippen LogP contribution in [0.2, 0.25) is 0 Å². The Morgan fingerprint density at radius 2 is 2.00 bits per heavy atom. The molecule has 0 radical (unpaired) electrons. The van der Waals surface area contributed by atoms with Gasteiger partial charge in [0.2, 0.25) is 0 Å². The largest absolute Gasteiger partial charge is 0.380 e. The van der Waals surface area contributed by atoms with Gasteiger partial charge in [-0.2, -0.15) is 5.10 Å². The standard InChI is InChI=1S/C14H28N4O/c1-10(2)8-18-13(16-9-17-18)7-12(15-5)14(19-6)11(3)4/h9-12,14-15H,7-8H2,1-6H3. The first-order valence-corrected chi connectivity index (χ1v) is 7.06.